The van der Waals surface area contributed by atoms with Crippen molar-refractivity contribution in [3.63, 3.8) is 0 Å². The van der Waals surface area contributed by atoms with Gasteiger partial charge in [0.15, 0.2) is 0 Å². The molecular weight excluding hydrogens is 190 g/mol. The van der Waals surface area contributed by atoms with E-state index in [0.29, 0.717) is 11.3 Å². The highest BCUT2D eigenvalue weighted by Gasteiger charge is 2.43. The van der Waals surface area contributed by atoms with Crippen LogP contribution in [0, 0.1) is 17.3 Å². The van der Waals surface area contributed by atoms with Crippen LogP contribution in [0.25, 0.3) is 0 Å². The standard InChI is InChI=1S/C12H21NS/c1-12(2)7-4-5-9-10(12)6-8-13(3)11(9)14/h9-10H,4-8H2,1-3H3. The molecule has 2 aliphatic rings. The molecule has 1 nitrogen and oxygen atoms in total. The van der Waals surface area contributed by atoms with Crippen molar-refractivity contribution >= 4 is 17.2 Å². The van der Waals surface area contributed by atoms with Crippen LogP contribution in [0.4, 0.5) is 0 Å². The van der Waals surface area contributed by atoms with Crippen LogP contribution in [0.5, 0.6) is 0 Å². The second-order valence-electron chi connectivity index (χ2n) is 5.64. The van der Waals surface area contributed by atoms with E-state index >= 15 is 0 Å². The van der Waals surface area contributed by atoms with Gasteiger partial charge >= 0.3 is 0 Å². The number of piperidine rings is 1. The molecule has 2 atom stereocenters. The van der Waals surface area contributed by atoms with Crippen LogP contribution in [0.3, 0.4) is 0 Å². The van der Waals surface area contributed by atoms with Crippen LogP contribution in [0.2, 0.25) is 0 Å². The lowest BCUT2D eigenvalue weighted by atomic mass is 9.61. The average Bonchev–Trinajstić information content (AvgIpc) is 2.11. The summed E-state index contributed by atoms with van der Waals surface area (Å²) >= 11 is 5.55. The molecule has 2 heteroatoms. The van der Waals surface area contributed by atoms with Gasteiger partial charge in [-0.3, -0.25) is 0 Å². The lowest BCUT2D eigenvalue weighted by Crippen LogP contribution is -2.49. The summed E-state index contributed by atoms with van der Waals surface area (Å²) in [6.45, 7) is 6.03. The van der Waals surface area contributed by atoms with Crippen LogP contribution >= 0.6 is 12.2 Å². The van der Waals surface area contributed by atoms with Crippen LogP contribution in [-0.4, -0.2) is 23.5 Å². The van der Waals surface area contributed by atoms with Crippen molar-refractivity contribution in [3.05, 3.63) is 0 Å². The quantitative estimate of drug-likeness (QED) is 0.566. The van der Waals surface area contributed by atoms with E-state index in [1.54, 1.807) is 0 Å². The molecule has 2 rings (SSSR count). The number of thiocarbonyl (C=S) groups is 1. The molecule has 0 aromatic carbocycles. The van der Waals surface area contributed by atoms with Crippen molar-refractivity contribution in [3.8, 4) is 0 Å². The van der Waals surface area contributed by atoms with Crippen LogP contribution in [0.1, 0.15) is 39.5 Å². The molecule has 0 aromatic heterocycles. The molecule has 0 aromatic rings. The fraction of sp³-hybridized carbons (Fsp3) is 0.917. The number of fused-ring (bicyclic) bond motifs is 1. The van der Waals surface area contributed by atoms with Gasteiger partial charge in [-0.25, -0.2) is 0 Å². The van der Waals surface area contributed by atoms with Gasteiger partial charge in [0, 0.05) is 19.5 Å². The highest BCUT2D eigenvalue weighted by Crippen LogP contribution is 2.48. The molecule has 1 saturated heterocycles. The Morgan fingerprint density at radius 1 is 1.36 bits per heavy atom. The number of hydrogen-bond acceptors (Lipinski definition) is 1. The Bertz CT molecular complexity index is 247. The van der Waals surface area contributed by atoms with Gasteiger partial charge in [0.05, 0.1) is 4.99 Å². The number of nitrogens with zero attached hydrogens (tertiary/aromatic N) is 1. The first-order valence-electron chi connectivity index (χ1n) is 5.77. The molecule has 80 valence electrons. The number of likely N-dealkylation sites (tertiary alicyclic amines) is 1. The van der Waals surface area contributed by atoms with Crippen molar-refractivity contribution < 1.29 is 0 Å². The smallest absolute Gasteiger partial charge is 0.0811 e. The van der Waals surface area contributed by atoms with E-state index in [4.69, 9.17) is 12.2 Å². The summed E-state index contributed by atoms with van der Waals surface area (Å²) in [5, 5.41) is 0. The fourth-order valence-corrected chi connectivity index (χ4v) is 3.70. The summed E-state index contributed by atoms with van der Waals surface area (Å²) in [6, 6.07) is 0. The Hall–Kier alpha value is -0.110. The van der Waals surface area contributed by atoms with Crippen LogP contribution < -0.4 is 0 Å². The second-order valence-corrected chi connectivity index (χ2v) is 6.06. The third-order valence-corrected chi connectivity index (χ3v) is 4.91. The van der Waals surface area contributed by atoms with Gasteiger partial charge in [-0.2, -0.15) is 0 Å². The van der Waals surface area contributed by atoms with E-state index in [-0.39, 0.29) is 0 Å². The van der Waals surface area contributed by atoms with E-state index in [0.717, 1.165) is 5.92 Å². The third kappa shape index (κ3) is 1.58. The molecular formula is C12H21NS. The van der Waals surface area contributed by atoms with Gasteiger partial charge in [-0.1, -0.05) is 32.5 Å². The second kappa shape index (κ2) is 3.48. The molecule has 0 amide bonds. The molecule has 1 aliphatic carbocycles. The molecule has 2 unspecified atom stereocenters. The first kappa shape index (κ1) is 10.4. The SMILES string of the molecule is CN1CCC2C(CCCC2(C)C)C1=S. The summed E-state index contributed by atoms with van der Waals surface area (Å²) in [5.74, 6) is 1.55. The van der Waals surface area contributed by atoms with Crippen molar-refractivity contribution in [2.45, 2.75) is 39.5 Å². The predicted octanol–water partition coefficient (Wildman–Crippen LogP) is 3.09. The molecule has 1 aliphatic heterocycles. The maximum atomic E-state index is 5.55. The monoisotopic (exact) mass is 211 g/mol. The van der Waals surface area contributed by atoms with E-state index in [9.17, 15) is 0 Å². The van der Waals surface area contributed by atoms with Gasteiger partial charge in [-0.05, 0) is 30.6 Å². The van der Waals surface area contributed by atoms with Crippen LogP contribution in [-0.2, 0) is 0 Å². The maximum absolute atomic E-state index is 5.55. The molecule has 2 fully saturated rings. The van der Waals surface area contributed by atoms with Gasteiger partial charge in [-0.15, -0.1) is 0 Å². The van der Waals surface area contributed by atoms with Gasteiger partial charge < -0.3 is 4.90 Å². The summed E-state index contributed by atoms with van der Waals surface area (Å²) in [7, 11) is 2.15. The highest BCUT2D eigenvalue weighted by molar-refractivity contribution is 7.80. The van der Waals surface area contributed by atoms with Crippen molar-refractivity contribution in [1.82, 2.24) is 4.90 Å². The van der Waals surface area contributed by atoms with E-state index in [1.807, 2.05) is 0 Å². The normalized spacial score (nSPS) is 36.8. The number of hydrogen-bond donors (Lipinski definition) is 0. The Kier molecular flexibility index (Phi) is 2.59. The topological polar surface area (TPSA) is 3.24 Å². The Balaban J connectivity index is 2.20. The molecule has 0 spiro atoms. The Morgan fingerprint density at radius 2 is 2.07 bits per heavy atom. The van der Waals surface area contributed by atoms with Crippen LogP contribution in [0.15, 0.2) is 0 Å². The van der Waals surface area contributed by atoms with Gasteiger partial charge in [0.1, 0.15) is 0 Å². The fourth-order valence-electron chi connectivity index (χ4n) is 3.32. The molecule has 1 heterocycles. The number of rotatable bonds is 0. The molecule has 0 bridgehead atoms. The first-order valence-corrected chi connectivity index (χ1v) is 6.18. The lowest BCUT2D eigenvalue weighted by molar-refractivity contribution is 0.0750. The summed E-state index contributed by atoms with van der Waals surface area (Å²) in [4.78, 5) is 3.52. The Morgan fingerprint density at radius 3 is 2.79 bits per heavy atom. The maximum Gasteiger partial charge on any atom is 0.0811 e. The third-order valence-electron chi connectivity index (χ3n) is 4.29. The summed E-state index contributed by atoms with van der Waals surface area (Å²) in [5.41, 5.74) is 0.522. The highest BCUT2D eigenvalue weighted by atomic mass is 32.1. The predicted molar refractivity (Wildman–Crippen MR) is 64.5 cm³/mol. The van der Waals surface area contributed by atoms with E-state index in [2.05, 4.69) is 25.8 Å². The zero-order chi connectivity index (χ0) is 10.3. The van der Waals surface area contributed by atoms with Crippen molar-refractivity contribution in [2.75, 3.05) is 13.6 Å². The molecule has 1 saturated carbocycles. The van der Waals surface area contributed by atoms with E-state index in [1.165, 1.54) is 37.2 Å². The minimum atomic E-state index is 0.522. The molecule has 0 radical (unpaired) electrons. The Labute approximate surface area is 92.9 Å². The zero-order valence-corrected chi connectivity index (χ0v) is 10.4. The lowest BCUT2D eigenvalue weighted by Gasteiger charge is -2.49. The zero-order valence-electron chi connectivity index (χ0n) is 9.55. The summed E-state index contributed by atoms with van der Waals surface area (Å²) < 4.78 is 0. The first-order chi connectivity index (χ1) is 6.52. The minimum absolute atomic E-state index is 0.522. The molecule has 0 N–H and O–H groups in total. The van der Waals surface area contributed by atoms with Crippen molar-refractivity contribution in [1.29, 1.82) is 0 Å². The van der Waals surface area contributed by atoms with E-state index < -0.39 is 0 Å². The molecule has 14 heavy (non-hydrogen) atoms. The largest absolute Gasteiger partial charge is 0.369 e. The van der Waals surface area contributed by atoms with Gasteiger partial charge in [0.25, 0.3) is 0 Å². The van der Waals surface area contributed by atoms with Gasteiger partial charge in [0.2, 0.25) is 0 Å². The average molecular weight is 211 g/mol. The minimum Gasteiger partial charge on any atom is -0.369 e. The van der Waals surface area contributed by atoms with Crippen molar-refractivity contribution in [2.24, 2.45) is 17.3 Å². The summed E-state index contributed by atoms with van der Waals surface area (Å²) in [6.07, 6.45) is 5.42.